The van der Waals surface area contributed by atoms with Gasteiger partial charge in [0.1, 0.15) is 0 Å². The van der Waals surface area contributed by atoms with Crippen molar-refractivity contribution in [3.8, 4) is 0 Å². The lowest BCUT2D eigenvalue weighted by atomic mass is 9.84. The highest BCUT2D eigenvalue weighted by atomic mass is 127. The standard InChI is InChI=1S/C15H21IN2O/c16-13-8-4-7-12(9-13)15(19)18-14(10-17)11-5-2-1-3-6-11/h4,7-9,11,14H,1-3,5-6,10,17H2,(H,18,19). The van der Waals surface area contributed by atoms with Gasteiger partial charge in [-0.25, -0.2) is 0 Å². The van der Waals surface area contributed by atoms with E-state index in [1.165, 1.54) is 32.1 Å². The third-order valence-corrected chi connectivity index (χ3v) is 4.55. The molecule has 0 bridgehead atoms. The summed E-state index contributed by atoms with van der Waals surface area (Å²) in [4.78, 5) is 12.2. The van der Waals surface area contributed by atoms with E-state index in [1.54, 1.807) is 0 Å². The van der Waals surface area contributed by atoms with Gasteiger partial charge in [-0.1, -0.05) is 25.3 Å². The van der Waals surface area contributed by atoms with Crippen molar-refractivity contribution in [2.75, 3.05) is 6.54 Å². The highest BCUT2D eigenvalue weighted by Crippen LogP contribution is 2.26. The fourth-order valence-electron chi connectivity index (χ4n) is 2.79. The molecule has 1 unspecified atom stereocenters. The van der Waals surface area contributed by atoms with Crippen molar-refractivity contribution in [1.29, 1.82) is 0 Å². The Labute approximate surface area is 128 Å². The van der Waals surface area contributed by atoms with E-state index in [-0.39, 0.29) is 11.9 Å². The zero-order chi connectivity index (χ0) is 13.7. The van der Waals surface area contributed by atoms with Crippen molar-refractivity contribution in [3.05, 3.63) is 33.4 Å². The minimum Gasteiger partial charge on any atom is -0.348 e. The lowest BCUT2D eigenvalue weighted by Crippen LogP contribution is -2.45. The van der Waals surface area contributed by atoms with Gasteiger partial charge in [0.2, 0.25) is 0 Å². The molecule has 2 rings (SSSR count). The van der Waals surface area contributed by atoms with Crippen LogP contribution in [0.2, 0.25) is 0 Å². The summed E-state index contributed by atoms with van der Waals surface area (Å²) in [6.45, 7) is 0.528. The second kappa shape index (κ2) is 7.24. The number of halogens is 1. The van der Waals surface area contributed by atoms with Gasteiger partial charge in [-0.3, -0.25) is 4.79 Å². The number of hydrogen-bond donors (Lipinski definition) is 2. The highest BCUT2D eigenvalue weighted by Gasteiger charge is 2.24. The summed E-state index contributed by atoms with van der Waals surface area (Å²) in [5.74, 6) is 0.546. The van der Waals surface area contributed by atoms with Crippen molar-refractivity contribution in [3.63, 3.8) is 0 Å². The van der Waals surface area contributed by atoms with Crippen molar-refractivity contribution in [1.82, 2.24) is 5.32 Å². The molecule has 19 heavy (non-hydrogen) atoms. The number of hydrogen-bond acceptors (Lipinski definition) is 2. The maximum absolute atomic E-state index is 12.2. The minimum atomic E-state index is -0.000426. The predicted octanol–water partition coefficient (Wildman–Crippen LogP) is 2.93. The molecule has 1 aliphatic carbocycles. The van der Waals surface area contributed by atoms with E-state index in [0.29, 0.717) is 12.5 Å². The Hall–Kier alpha value is -0.620. The Balaban J connectivity index is 1.99. The summed E-state index contributed by atoms with van der Waals surface area (Å²) in [5, 5.41) is 3.11. The maximum Gasteiger partial charge on any atom is 0.251 e. The molecule has 4 heteroatoms. The van der Waals surface area contributed by atoms with E-state index in [4.69, 9.17) is 5.73 Å². The van der Waals surface area contributed by atoms with Crippen LogP contribution in [0.25, 0.3) is 0 Å². The average Bonchev–Trinajstić information content (AvgIpc) is 2.45. The van der Waals surface area contributed by atoms with E-state index in [9.17, 15) is 4.79 Å². The SMILES string of the molecule is NCC(NC(=O)c1cccc(I)c1)C1CCCCC1. The van der Waals surface area contributed by atoms with Gasteiger partial charge in [0.25, 0.3) is 5.91 Å². The Kier molecular flexibility index (Phi) is 5.63. The fourth-order valence-corrected chi connectivity index (χ4v) is 3.33. The van der Waals surface area contributed by atoms with Crippen molar-refractivity contribution >= 4 is 28.5 Å². The molecule has 3 N–H and O–H groups in total. The second-order valence-electron chi connectivity index (χ2n) is 5.22. The van der Waals surface area contributed by atoms with Crippen LogP contribution in [0, 0.1) is 9.49 Å². The van der Waals surface area contributed by atoms with Gasteiger partial charge < -0.3 is 11.1 Å². The Morgan fingerprint density at radius 2 is 2.11 bits per heavy atom. The zero-order valence-electron chi connectivity index (χ0n) is 11.1. The first-order valence-electron chi connectivity index (χ1n) is 6.97. The molecular weight excluding hydrogens is 351 g/mol. The van der Waals surface area contributed by atoms with Crippen molar-refractivity contribution in [2.24, 2.45) is 11.7 Å². The third-order valence-electron chi connectivity index (χ3n) is 3.88. The van der Waals surface area contributed by atoms with Crippen LogP contribution in [-0.4, -0.2) is 18.5 Å². The number of carbonyl (C=O) groups excluding carboxylic acids is 1. The molecule has 1 saturated carbocycles. The van der Waals surface area contributed by atoms with Gasteiger partial charge in [0, 0.05) is 21.7 Å². The molecule has 1 aromatic rings. The second-order valence-corrected chi connectivity index (χ2v) is 6.47. The van der Waals surface area contributed by atoms with Crippen LogP contribution in [0.15, 0.2) is 24.3 Å². The quantitative estimate of drug-likeness (QED) is 0.799. The molecule has 1 atom stereocenters. The van der Waals surface area contributed by atoms with Crippen LogP contribution in [0.5, 0.6) is 0 Å². The molecule has 1 amide bonds. The summed E-state index contributed by atoms with van der Waals surface area (Å²) < 4.78 is 1.08. The first kappa shape index (κ1) is 14.8. The normalized spacial score (nSPS) is 18.0. The first-order chi connectivity index (χ1) is 9.20. The maximum atomic E-state index is 12.2. The number of amides is 1. The van der Waals surface area contributed by atoms with Crippen LogP contribution in [-0.2, 0) is 0 Å². The first-order valence-corrected chi connectivity index (χ1v) is 8.05. The van der Waals surface area contributed by atoms with E-state index >= 15 is 0 Å². The van der Waals surface area contributed by atoms with Crippen LogP contribution in [0.4, 0.5) is 0 Å². The monoisotopic (exact) mass is 372 g/mol. The Morgan fingerprint density at radius 1 is 1.37 bits per heavy atom. The number of nitrogens with one attached hydrogen (secondary N) is 1. The van der Waals surface area contributed by atoms with E-state index in [2.05, 4.69) is 27.9 Å². The molecule has 104 valence electrons. The lowest BCUT2D eigenvalue weighted by Gasteiger charge is -2.30. The van der Waals surface area contributed by atoms with Crippen molar-refractivity contribution in [2.45, 2.75) is 38.1 Å². The molecule has 3 nitrogen and oxygen atoms in total. The fraction of sp³-hybridized carbons (Fsp3) is 0.533. The summed E-state index contributed by atoms with van der Waals surface area (Å²) in [6.07, 6.45) is 6.22. The largest absolute Gasteiger partial charge is 0.348 e. The Bertz CT molecular complexity index is 430. The molecule has 1 fully saturated rings. The average molecular weight is 372 g/mol. The van der Waals surface area contributed by atoms with Gasteiger partial charge in [-0.05, 0) is 59.5 Å². The number of benzene rings is 1. The van der Waals surface area contributed by atoms with Gasteiger partial charge in [0.05, 0.1) is 0 Å². The number of carbonyl (C=O) groups is 1. The summed E-state index contributed by atoms with van der Waals surface area (Å²) in [5.41, 5.74) is 6.57. The summed E-state index contributed by atoms with van der Waals surface area (Å²) in [6, 6.07) is 7.77. The lowest BCUT2D eigenvalue weighted by molar-refractivity contribution is 0.0915. The molecule has 0 aromatic heterocycles. The number of rotatable bonds is 4. The molecule has 0 spiro atoms. The molecule has 0 aliphatic heterocycles. The smallest absolute Gasteiger partial charge is 0.251 e. The van der Waals surface area contributed by atoms with Crippen LogP contribution in [0.3, 0.4) is 0 Å². The van der Waals surface area contributed by atoms with Crippen LogP contribution in [0.1, 0.15) is 42.5 Å². The topological polar surface area (TPSA) is 55.1 Å². The van der Waals surface area contributed by atoms with Crippen LogP contribution < -0.4 is 11.1 Å². The predicted molar refractivity (Wildman–Crippen MR) is 86.0 cm³/mol. The van der Waals surface area contributed by atoms with E-state index in [0.717, 1.165) is 9.13 Å². The van der Waals surface area contributed by atoms with Gasteiger partial charge in [-0.15, -0.1) is 0 Å². The summed E-state index contributed by atoms with van der Waals surface area (Å²) in [7, 11) is 0. The highest BCUT2D eigenvalue weighted by molar-refractivity contribution is 14.1. The minimum absolute atomic E-state index is 0.000426. The molecule has 0 saturated heterocycles. The summed E-state index contributed by atoms with van der Waals surface area (Å²) >= 11 is 2.22. The van der Waals surface area contributed by atoms with E-state index < -0.39 is 0 Å². The number of nitrogens with two attached hydrogens (primary N) is 1. The third kappa shape index (κ3) is 4.18. The van der Waals surface area contributed by atoms with Gasteiger partial charge in [0.15, 0.2) is 0 Å². The van der Waals surface area contributed by atoms with Gasteiger partial charge in [-0.2, -0.15) is 0 Å². The molecule has 1 aliphatic rings. The van der Waals surface area contributed by atoms with Crippen LogP contribution >= 0.6 is 22.6 Å². The van der Waals surface area contributed by atoms with Crippen molar-refractivity contribution < 1.29 is 4.79 Å². The Morgan fingerprint density at radius 3 is 2.74 bits per heavy atom. The zero-order valence-corrected chi connectivity index (χ0v) is 13.2. The van der Waals surface area contributed by atoms with Gasteiger partial charge >= 0.3 is 0 Å². The molecular formula is C15H21IN2O. The molecule has 0 heterocycles. The van der Waals surface area contributed by atoms with E-state index in [1.807, 2.05) is 24.3 Å². The molecule has 0 radical (unpaired) electrons. The molecule has 1 aromatic carbocycles.